The summed E-state index contributed by atoms with van der Waals surface area (Å²) in [6.45, 7) is 2.28. The lowest BCUT2D eigenvalue weighted by Crippen LogP contribution is -1.96. The van der Waals surface area contributed by atoms with Gasteiger partial charge in [0.15, 0.2) is 0 Å². The van der Waals surface area contributed by atoms with Crippen LogP contribution in [0.15, 0.2) is 71.7 Å². The number of benzene rings is 3. The Morgan fingerprint density at radius 1 is 0.700 bits per heavy atom. The van der Waals surface area contributed by atoms with Gasteiger partial charge in [-0.1, -0.05) is 94.0 Å². The Hall–Kier alpha value is -2.87. The van der Waals surface area contributed by atoms with E-state index < -0.39 is 0 Å². The van der Waals surface area contributed by atoms with Crippen molar-refractivity contribution in [2.45, 2.75) is 58.3 Å². The summed E-state index contributed by atoms with van der Waals surface area (Å²) in [5.74, 6) is 0. The van der Waals surface area contributed by atoms with Gasteiger partial charge in [-0.15, -0.1) is 0 Å². The molecule has 0 saturated heterocycles. The minimum atomic E-state index is 0.977. The van der Waals surface area contributed by atoms with E-state index >= 15 is 0 Å². The second kappa shape index (κ2) is 10.2. The van der Waals surface area contributed by atoms with Gasteiger partial charge in [0.05, 0.1) is 11.4 Å². The zero-order chi connectivity index (χ0) is 20.6. The first kappa shape index (κ1) is 20.4. The summed E-state index contributed by atoms with van der Waals surface area (Å²) in [6, 6.07) is 23.7. The smallest absolute Gasteiger partial charge is 0.0864 e. The van der Waals surface area contributed by atoms with Crippen LogP contribution in [0.3, 0.4) is 0 Å². The average Bonchev–Trinajstić information content (AvgIpc) is 2.98. The number of para-hydroxylation sites is 2. The lowest BCUT2D eigenvalue weighted by molar-refractivity contribution is 0.589. The van der Waals surface area contributed by atoms with E-state index in [9.17, 15) is 0 Å². The Morgan fingerprint density at radius 2 is 1.43 bits per heavy atom. The molecule has 0 radical (unpaired) electrons. The number of aryl methyl sites for hydroxylation is 1. The Balaban J connectivity index is 1.42. The number of nitrogens with one attached hydrogen (secondary N) is 1. The molecule has 1 N–H and O–H groups in total. The van der Waals surface area contributed by atoms with Gasteiger partial charge in [-0.05, 0) is 47.7 Å². The van der Waals surface area contributed by atoms with Crippen LogP contribution in [0.1, 0.15) is 63.0 Å². The average molecular weight is 397 g/mol. The first-order chi connectivity index (χ1) is 14.8. The molecule has 154 valence electrons. The van der Waals surface area contributed by atoms with Crippen LogP contribution in [0.4, 0.5) is 17.1 Å². The summed E-state index contributed by atoms with van der Waals surface area (Å²) >= 11 is 0. The molecule has 0 atom stereocenters. The van der Waals surface area contributed by atoms with Gasteiger partial charge < -0.3 is 5.32 Å². The highest BCUT2D eigenvalue weighted by Gasteiger charge is 2.13. The van der Waals surface area contributed by atoms with E-state index in [1.807, 2.05) is 24.4 Å². The number of nitrogens with zero attached hydrogens (tertiary/aromatic N) is 1. The van der Waals surface area contributed by atoms with Crippen LogP contribution in [-0.2, 0) is 6.42 Å². The number of anilines is 2. The number of hydrogen-bond acceptors (Lipinski definition) is 2. The van der Waals surface area contributed by atoms with Crippen LogP contribution in [0.5, 0.6) is 0 Å². The molecule has 3 aromatic carbocycles. The predicted molar refractivity (Wildman–Crippen MR) is 131 cm³/mol. The molecule has 2 nitrogen and oxygen atoms in total. The lowest BCUT2D eigenvalue weighted by atomic mass is 9.96. The number of aliphatic imine (C=N–C) groups is 1. The van der Waals surface area contributed by atoms with Gasteiger partial charge in [0, 0.05) is 17.5 Å². The first-order valence-corrected chi connectivity index (χ1v) is 11.5. The summed E-state index contributed by atoms with van der Waals surface area (Å²) in [7, 11) is 0. The van der Waals surface area contributed by atoms with E-state index in [0.29, 0.717) is 0 Å². The highest BCUT2D eigenvalue weighted by molar-refractivity contribution is 6.01. The SMILES string of the molecule is CCCCCCCCCc1ccc(-c2cccc3c2C=Nc2ccccc2N3)cc1. The third-order valence-corrected chi connectivity index (χ3v) is 5.95. The molecule has 1 aliphatic heterocycles. The van der Waals surface area contributed by atoms with E-state index in [2.05, 4.69) is 60.8 Å². The molecule has 4 rings (SSSR count). The first-order valence-electron chi connectivity index (χ1n) is 11.5. The Morgan fingerprint density at radius 3 is 2.27 bits per heavy atom. The van der Waals surface area contributed by atoms with Gasteiger partial charge in [0.25, 0.3) is 0 Å². The molecule has 30 heavy (non-hydrogen) atoms. The largest absolute Gasteiger partial charge is 0.353 e. The van der Waals surface area contributed by atoms with Crippen molar-refractivity contribution < 1.29 is 0 Å². The molecule has 0 spiro atoms. The van der Waals surface area contributed by atoms with Crippen molar-refractivity contribution in [3.63, 3.8) is 0 Å². The molecule has 0 saturated carbocycles. The highest BCUT2D eigenvalue weighted by Crippen LogP contribution is 2.36. The van der Waals surface area contributed by atoms with Crippen molar-refractivity contribution in [2.75, 3.05) is 5.32 Å². The van der Waals surface area contributed by atoms with E-state index in [1.165, 1.54) is 68.1 Å². The molecule has 0 aromatic heterocycles. The number of hydrogen-bond donors (Lipinski definition) is 1. The topological polar surface area (TPSA) is 24.4 Å². The molecular weight excluding hydrogens is 364 g/mol. The zero-order valence-electron chi connectivity index (χ0n) is 18.0. The molecule has 1 aliphatic rings. The summed E-state index contributed by atoms with van der Waals surface area (Å²) < 4.78 is 0. The Kier molecular flexibility index (Phi) is 6.97. The highest BCUT2D eigenvalue weighted by atomic mass is 14.9. The van der Waals surface area contributed by atoms with E-state index in [-0.39, 0.29) is 0 Å². The molecule has 3 aromatic rings. The van der Waals surface area contributed by atoms with Gasteiger partial charge >= 0.3 is 0 Å². The molecule has 0 fully saturated rings. The second-order valence-corrected chi connectivity index (χ2v) is 8.24. The fourth-order valence-corrected chi connectivity index (χ4v) is 4.17. The normalized spacial score (nSPS) is 12.0. The summed E-state index contributed by atoms with van der Waals surface area (Å²) in [5, 5.41) is 3.55. The predicted octanol–water partition coefficient (Wildman–Crippen LogP) is 8.45. The van der Waals surface area contributed by atoms with Crippen LogP contribution in [0.25, 0.3) is 11.1 Å². The summed E-state index contributed by atoms with van der Waals surface area (Å²) in [6.07, 6.45) is 12.7. The Labute approximate surface area is 181 Å². The zero-order valence-corrected chi connectivity index (χ0v) is 18.0. The monoisotopic (exact) mass is 396 g/mol. The van der Waals surface area contributed by atoms with Crippen molar-refractivity contribution in [3.8, 4) is 11.1 Å². The minimum absolute atomic E-state index is 0.977. The molecule has 0 aliphatic carbocycles. The van der Waals surface area contributed by atoms with Crippen molar-refractivity contribution in [1.82, 2.24) is 0 Å². The molecule has 2 heteroatoms. The third-order valence-electron chi connectivity index (χ3n) is 5.95. The lowest BCUT2D eigenvalue weighted by Gasteiger charge is -2.13. The molecular formula is C28H32N2. The second-order valence-electron chi connectivity index (χ2n) is 8.24. The fourth-order valence-electron chi connectivity index (χ4n) is 4.17. The Bertz CT molecular complexity index is 986. The van der Waals surface area contributed by atoms with Gasteiger partial charge in [0.1, 0.15) is 0 Å². The summed E-state index contributed by atoms with van der Waals surface area (Å²) in [5.41, 5.74) is 8.18. The standard InChI is InChI=1S/C28H32N2/c1-2-3-4-5-6-7-8-12-22-17-19-23(20-18-22)24-13-11-16-26-25(24)21-29-27-14-9-10-15-28(27)30-26/h9-11,13-21,30H,2-8,12H2,1H3. The minimum Gasteiger partial charge on any atom is -0.353 e. The van der Waals surface area contributed by atoms with Gasteiger partial charge in [-0.3, -0.25) is 4.99 Å². The van der Waals surface area contributed by atoms with Crippen LogP contribution < -0.4 is 5.32 Å². The van der Waals surface area contributed by atoms with Gasteiger partial charge in [-0.25, -0.2) is 0 Å². The molecule has 0 unspecified atom stereocenters. The maximum Gasteiger partial charge on any atom is 0.0864 e. The molecule has 0 amide bonds. The molecule has 0 bridgehead atoms. The van der Waals surface area contributed by atoms with Gasteiger partial charge in [0.2, 0.25) is 0 Å². The van der Waals surface area contributed by atoms with Crippen molar-refractivity contribution >= 4 is 23.3 Å². The summed E-state index contributed by atoms with van der Waals surface area (Å²) in [4.78, 5) is 4.72. The van der Waals surface area contributed by atoms with Crippen LogP contribution in [0, 0.1) is 0 Å². The van der Waals surface area contributed by atoms with Crippen LogP contribution in [-0.4, -0.2) is 6.21 Å². The van der Waals surface area contributed by atoms with Crippen LogP contribution >= 0.6 is 0 Å². The maximum absolute atomic E-state index is 4.72. The van der Waals surface area contributed by atoms with E-state index in [1.54, 1.807) is 0 Å². The maximum atomic E-state index is 4.72. The van der Waals surface area contributed by atoms with Crippen molar-refractivity contribution in [2.24, 2.45) is 4.99 Å². The number of fused-ring (bicyclic) bond motifs is 2. The fraction of sp³-hybridized carbons (Fsp3) is 0.321. The van der Waals surface area contributed by atoms with Crippen molar-refractivity contribution in [1.29, 1.82) is 0 Å². The van der Waals surface area contributed by atoms with Gasteiger partial charge in [-0.2, -0.15) is 0 Å². The van der Waals surface area contributed by atoms with E-state index in [0.717, 1.165) is 22.6 Å². The quantitative estimate of drug-likeness (QED) is 0.282. The molecule has 1 heterocycles. The number of rotatable bonds is 9. The van der Waals surface area contributed by atoms with Crippen molar-refractivity contribution in [3.05, 3.63) is 77.9 Å². The van der Waals surface area contributed by atoms with E-state index in [4.69, 9.17) is 4.99 Å². The van der Waals surface area contributed by atoms with Crippen LogP contribution in [0.2, 0.25) is 0 Å². The third kappa shape index (κ3) is 4.99. The number of unbranched alkanes of at least 4 members (excludes halogenated alkanes) is 6.